The second-order valence-electron chi connectivity index (χ2n) is 3.44. The van der Waals surface area contributed by atoms with Gasteiger partial charge in [-0.05, 0) is 20.3 Å². The Morgan fingerprint density at radius 2 is 2.40 bits per heavy atom. The number of nitrogens with zero attached hydrogens (tertiary/aromatic N) is 2. The first-order valence-electron chi connectivity index (χ1n) is 5.06. The molecule has 1 rings (SSSR count). The van der Waals surface area contributed by atoms with Crippen molar-refractivity contribution >= 4 is 12.2 Å². The van der Waals surface area contributed by atoms with E-state index in [4.69, 9.17) is 0 Å². The average Bonchev–Trinajstić information content (AvgIpc) is 2.21. The lowest BCUT2D eigenvalue weighted by Gasteiger charge is -2.27. The predicted octanol–water partition coefficient (Wildman–Crippen LogP) is 1.91. The summed E-state index contributed by atoms with van der Waals surface area (Å²) in [6.45, 7) is 8.89. The number of aliphatic imine (C=N–C) groups is 1. The summed E-state index contributed by atoms with van der Waals surface area (Å²) in [4.78, 5) is 17.3. The zero-order valence-electron chi connectivity index (χ0n) is 9.29. The minimum absolute atomic E-state index is 0.0532. The molecule has 0 aromatic heterocycles. The summed E-state index contributed by atoms with van der Waals surface area (Å²) in [5.74, 6) is 0. The lowest BCUT2D eigenvalue weighted by Crippen LogP contribution is -2.45. The lowest BCUT2D eigenvalue weighted by molar-refractivity contribution is 0.204. The van der Waals surface area contributed by atoms with Crippen molar-refractivity contribution in [2.24, 2.45) is 4.99 Å². The molecule has 0 atom stereocenters. The zero-order chi connectivity index (χ0) is 11.3. The van der Waals surface area contributed by atoms with Gasteiger partial charge < -0.3 is 5.32 Å². The van der Waals surface area contributed by atoms with E-state index < -0.39 is 0 Å². The molecule has 0 saturated carbocycles. The van der Waals surface area contributed by atoms with Crippen molar-refractivity contribution in [3.8, 4) is 0 Å². The van der Waals surface area contributed by atoms with Gasteiger partial charge in [0.25, 0.3) is 0 Å². The van der Waals surface area contributed by atoms with E-state index in [0.29, 0.717) is 0 Å². The average molecular weight is 207 g/mol. The summed E-state index contributed by atoms with van der Waals surface area (Å²) >= 11 is 0. The Kier molecular flexibility index (Phi) is 4.09. The molecule has 4 heteroatoms. The molecular weight excluding hydrogens is 190 g/mol. The number of urea groups is 1. The first-order valence-corrected chi connectivity index (χ1v) is 5.06. The Hall–Kier alpha value is -1.58. The second kappa shape index (κ2) is 5.34. The zero-order valence-corrected chi connectivity index (χ0v) is 9.29. The Morgan fingerprint density at radius 3 is 2.93 bits per heavy atom. The maximum atomic E-state index is 11.5. The molecule has 0 aromatic carbocycles. The van der Waals surface area contributed by atoms with Crippen LogP contribution in [-0.4, -0.2) is 30.2 Å². The van der Waals surface area contributed by atoms with Gasteiger partial charge in [0.1, 0.15) is 0 Å². The van der Waals surface area contributed by atoms with Crippen LogP contribution < -0.4 is 5.32 Å². The molecule has 0 bridgehead atoms. The SMILES string of the molecule is C=C(C)N=C/C(=C\C)N1CCCNC1=O. The van der Waals surface area contributed by atoms with Crippen molar-refractivity contribution in [2.45, 2.75) is 20.3 Å². The van der Waals surface area contributed by atoms with Gasteiger partial charge in [-0.15, -0.1) is 0 Å². The minimum Gasteiger partial charge on any atom is -0.338 e. The van der Waals surface area contributed by atoms with E-state index in [-0.39, 0.29) is 6.03 Å². The number of hydrogen-bond acceptors (Lipinski definition) is 2. The summed E-state index contributed by atoms with van der Waals surface area (Å²) < 4.78 is 0. The van der Waals surface area contributed by atoms with Crippen molar-refractivity contribution in [1.82, 2.24) is 10.2 Å². The van der Waals surface area contributed by atoms with Crippen LogP contribution in [0.2, 0.25) is 0 Å². The Bertz CT molecular complexity index is 318. The molecule has 1 aliphatic rings. The van der Waals surface area contributed by atoms with E-state index >= 15 is 0 Å². The fraction of sp³-hybridized carbons (Fsp3) is 0.455. The van der Waals surface area contributed by atoms with Gasteiger partial charge in [-0.3, -0.25) is 9.89 Å². The highest BCUT2D eigenvalue weighted by Crippen LogP contribution is 2.08. The fourth-order valence-electron chi connectivity index (χ4n) is 1.35. The van der Waals surface area contributed by atoms with Crippen LogP contribution in [0.25, 0.3) is 0 Å². The molecule has 1 heterocycles. The highest BCUT2D eigenvalue weighted by atomic mass is 16.2. The van der Waals surface area contributed by atoms with E-state index in [0.717, 1.165) is 30.9 Å². The van der Waals surface area contributed by atoms with Crippen LogP contribution in [0.4, 0.5) is 4.79 Å². The quantitative estimate of drug-likeness (QED) is 0.706. The second-order valence-corrected chi connectivity index (χ2v) is 3.44. The topological polar surface area (TPSA) is 44.7 Å². The Balaban J connectivity index is 2.74. The summed E-state index contributed by atoms with van der Waals surface area (Å²) in [5, 5.41) is 2.80. The summed E-state index contributed by atoms with van der Waals surface area (Å²) in [5.41, 5.74) is 1.54. The number of carbonyl (C=O) groups is 1. The Morgan fingerprint density at radius 1 is 1.67 bits per heavy atom. The van der Waals surface area contributed by atoms with E-state index in [1.807, 2.05) is 19.9 Å². The summed E-state index contributed by atoms with van der Waals surface area (Å²) in [7, 11) is 0. The van der Waals surface area contributed by atoms with Crippen LogP contribution >= 0.6 is 0 Å². The minimum atomic E-state index is -0.0532. The smallest absolute Gasteiger partial charge is 0.321 e. The highest BCUT2D eigenvalue weighted by Gasteiger charge is 2.19. The molecule has 1 fully saturated rings. The van der Waals surface area contributed by atoms with Gasteiger partial charge in [0, 0.05) is 18.8 Å². The van der Waals surface area contributed by atoms with Gasteiger partial charge in [0.05, 0.1) is 11.9 Å². The van der Waals surface area contributed by atoms with Crippen LogP contribution in [-0.2, 0) is 0 Å². The molecule has 1 N–H and O–H groups in total. The maximum absolute atomic E-state index is 11.5. The van der Waals surface area contributed by atoms with Crippen LogP contribution in [0.3, 0.4) is 0 Å². The van der Waals surface area contributed by atoms with Crippen LogP contribution in [0, 0.1) is 0 Å². The van der Waals surface area contributed by atoms with E-state index in [1.54, 1.807) is 11.1 Å². The third-order valence-corrected chi connectivity index (χ3v) is 2.10. The normalized spacial score (nSPS) is 18.1. The third-order valence-electron chi connectivity index (χ3n) is 2.10. The van der Waals surface area contributed by atoms with Crippen LogP contribution in [0.5, 0.6) is 0 Å². The molecule has 1 aliphatic heterocycles. The van der Waals surface area contributed by atoms with Crippen molar-refractivity contribution in [2.75, 3.05) is 13.1 Å². The molecule has 2 amide bonds. The monoisotopic (exact) mass is 207 g/mol. The first-order chi connectivity index (χ1) is 7.15. The predicted molar refractivity (Wildman–Crippen MR) is 61.8 cm³/mol. The van der Waals surface area contributed by atoms with Gasteiger partial charge in [-0.2, -0.15) is 0 Å². The number of carbonyl (C=O) groups excluding carboxylic acids is 1. The number of allylic oxidation sites excluding steroid dienone is 3. The molecule has 15 heavy (non-hydrogen) atoms. The summed E-state index contributed by atoms with van der Waals surface area (Å²) in [6.07, 6.45) is 4.51. The van der Waals surface area contributed by atoms with Gasteiger partial charge in [-0.1, -0.05) is 12.7 Å². The van der Waals surface area contributed by atoms with Gasteiger partial charge in [0.15, 0.2) is 0 Å². The van der Waals surface area contributed by atoms with Gasteiger partial charge in [0.2, 0.25) is 0 Å². The molecule has 0 radical (unpaired) electrons. The van der Waals surface area contributed by atoms with Gasteiger partial charge in [-0.25, -0.2) is 4.79 Å². The van der Waals surface area contributed by atoms with E-state index in [1.165, 1.54) is 0 Å². The van der Waals surface area contributed by atoms with Crippen molar-refractivity contribution in [1.29, 1.82) is 0 Å². The molecule has 0 aliphatic carbocycles. The number of nitrogens with one attached hydrogen (secondary N) is 1. The number of hydrogen-bond donors (Lipinski definition) is 1. The maximum Gasteiger partial charge on any atom is 0.321 e. The number of amides is 2. The van der Waals surface area contributed by atoms with Gasteiger partial charge >= 0.3 is 6.03 Å². The largest absolute Gasteiger partial charge is 0.338 e. The van der Waals surface area contributed by atoms with Crippen LogP contribution in [0.15, 0.2) is 29.0 Å². The summed E-state index contributed by atoms with van der Waals surface area (Å²) in [6, 6.07) is -0.0532. The number of rotatable bonds is 3. The van der Waals surface area contributed by atoms with Crippen molar-refractivity contribution in [3.05, 3.63) is 24.0 Å². The standard InChI is InChI=1S/C11H17N3O/c1-4-10(8-13-9(2)3)14-7-5-6-12-11(14)15/h4,8H,2,5-7H2,1,3H3,(H,12,15)/b10-4+,13-8?. The molecule has 0 aromatic rings. The first kappa shape index (κ1) is 11.5. The van der Waals surface area contributed by atoms with Crippen molar-refractivity contribution < 1.29 is 4.79 Å². The molecule has 0 spiro atoms. The van der Waals surface area contributed by atoms with Crippen molar-refractivity contribution in [3.63, 3.8) is 0 Å². The van der Waals surface area contributed by atoms with Crippen LogP contribution in [0.1, 0.15) is 20.3 Å². The molecule has 1 saturated heterocycles. The molecule has 0 unspecified atom stereocenters. The Labute approximate surface area is 90.4 Å². The molecular formula is C11H17N3O. The molecule has 82 valence electrons. The molecule has 4 nitrogen and oxygen atoms in total. The fourth-order valence-corrected chi connectivity index (χ4v) is 1.35. The van der Waals surface area contributed by atoms with E-state index in [9.17, 15) is 4.79 Å². The highest BCUT2D eigenvalue weighted by molar-refractivity contribution is 5.87. The lowest BCUT2D eigenvalue weighted by atomic mass is 10.3. The third kappa shape index (κ3) is 3.23. The van der Waals surface area contributed by atoms with E-state index in [2.05, 4.69) is 16.9 Å².